The predicted molar refractivity (Wildman–Crippen MR) is 106 cm³/mol. The van der Waals surface area contributed by atoms with Crippen LogP contribution in [0, 0.1) is 0 Å². The van der Waals surface area contributed by atoms with Crippen molar-refractivity contribution >= 4 is 34.9 Å². The molecule has 0 amide bonds. The largest absolute Gasteiger partial charge is 0.309 e. The maximum absolute atomic E-state index is 11.7. The van der Waals surface area contributed by atoms with Crippen LogP contribution in [0.1, 0.15) is 23.7 Å². The number of rotatable bonds is 5. The van der Waals surface area contributed by atoms with E-state index in [2.05, 4.69) is 54.1 Å². The fourth-order valence-corrected chi connectivity index (χ4v) is 6.83. The minimum absolute atomic E-state index is 0.0205. The number of sulfone groups is 1. The summed E-state index contributed by atoms with van der Waals surface area (Å²) in [6, 6.07) is 8.88. The first-order valence-corrected chi connectivity index (χ1v) is 14.8. The smallest absolute Gasteiger partial charge is 0.191 e. The summed E-state index contributed by atoms with van der Waals surface area (Å²) in [6.45, 7) is 7.04. The van der Waals surface area contributed by atoms with Crippen LogP contribution in [0.2, 0.25) is 19.6 Å². The van der Waals surface area contributed by atoms with Gasteiger partial charge >= 0.3 is 0 Å². The molecular weight excluding hydrogens is 370 g/mol. The third kappa shape index (κ3) is 4.35. The molecule has 5 nitrogen and oxygen atoms in total. The highest BCUT2D eigenvalue weighted by molar-refractivity contribution is 7.98. The van der Waals surface area contributed by atoms with E-state index in [9.17, 15) is 8.42 Å². The molecule has 1 atom stereocenters. The van der Waals surface area contributed by atoms with Crippen LogP contribution < -0.4 is 5.19 Å². The number of hydrogen-bond donors (Lipinski definition) is 0. The molecular formula is C17H25N3O2S2Si. The molecule has 3 rings (SSSR count). The maximum atomic E-state index is 11.7. The molecule has 1 aliphatic heterocycles. The Hall–Kier alpha value is -1.12. The monoisotopic (exact) mass is 395 g/mol. The summed E-state index contributed by atoms with van der Waals surface area (Å²) in [7, 11) is -2.24. The van der Waals surface area contributed by atoms with Crippen molar-refractivity contribution in [3.8, 4) is 0 Å². The van der Waals surface area contributed by atoms with Gasteiger partial charge in [0, 0.05) is 18.7 Å². The molecule has 2 aromatic rings. The normalized spacial score (nSPS) is 20.1. The minimum atomic E-state index is -2.91. The Bertz CT molecular complexity index is 855. The lowest BCUT2D eigenvalue weighted by atomic mass is 10.1. The second-order valence-corrected chi connectivity index (χ2v) is 16.0. The molecule has 1 aromatic carbocycles. The fourth-order valence-electron chi connectivity index (χ4n) is 3.05. The number of nitrogens with zero attached hydrogens (tertiary/aromatic N) is 3. The lowest BCUT2D eigenvalue weighted by Crippen LogP contribution is -2.37. The molecule has 1 fully saturated rings. The van der Waals surface area contributed by atoms with Gasteiger partial charge in [0.2, 0.25) is 0 Å². The van der Waals surface area contributed by atoms with Crippen molar-refractivity contribution in [2.24, 2.45) is 7.05 Å². The second kappa shape index (κ2) is 6.89. The van der Waals surface area contributed by atoms with Crippen molar-refractivity contribution in [3.05, 3.63) is 35.7 Å². The molecule has 1 aromatic heterocycles. The van der Waals surface area contributed by atoms with E-state index in [0.29, 0.717) is 6.42 Å². The summed E-state index contributed by atoms with van der Waals surface area (Å²) < 4.78 is 25.3. The first-order chi connectivity index (χ1) is 11.7. The molecule has 0 unspecified atom stereocenters. The summed E-state index contributed by atoms with van der Waals surface area (Å²) in [5, 5.41) is 10.8. The molecule has 1 saturated heterocycles. The van der Waals surface area contributed by atoms with Gasteiger partial charge in [0.1, 0.15) is 5.82 Å². The van der Waals surface area contributed by atoms with Gasteiger partial charge in [0.15, 0.2) is 15.0 Å². The second-order valence-electron chi connectivity index (χ2n) is 7.74. The molecule has 136 valence electrons. The Morgan fingerprint density at radius 1 is 1.20 bits per heavy atom. The highest BCUT2D eigenvalue weighted by Crippen LogP contribution is 2.30. The molecule has 0 saturated carbocycles. The summed E-state index contributed by atoms with van der Waals surface area (Å²) >= 11 is 1.64. The molecule has 0 aliphatic carbocycles. The third-order valence-electron chi connectivity index (χ3n) is 4.65. The standard InChI is InChI=1S/C17H25N3O2S2Si/c1-20-16(14-9-10-24(21,22)12-14)18-19-17(20)23-11-13-5-7-15(8-6-13)25(2,3)4/h5-8,14H,9-12H2,1-4H3/t14-/m1/s1. The average molecular weight is 396 g/mol. The number of aromatic nitrogens is 3. The van der Waals surface area contributed by atoms with Crippen LogP contribution in [-0.4, -0.2) is 42.8 Å². The van der Waals surface area contributed by atoms with Crippen molar-refractivity contribution in [1.82, 2.24) is 14.8 Å². The third-order valence-corrected chi connectivity index (χ3v) is 9.58. The topological polar surface area (TPSA) is 64.8 Å². The van der Waals surface area contributed by atoms with E-state index in [0.717, 1.165) is 16.7 Å². The highest BCUT2D eigenvalue weighted by atomic mass is 32.2. The number of hydrogen-bond acceptors (Lipinski definition) is 5. The number of thioether (sulfide) groups is 1. The van der Waals surface area contributed by atoms with Gasteiger partial charge in [-0.15, -0.1) is 10.2 Å². The van der Waals surface area contributed by atoms with E-state index in [1.807, 2.05) is 11.6 Å². The Kier molecular flexibility index (Phi) is 5.14. The van der Waals surface area contributed by atoms with Crippen LogP contribution in [-0.2, 0) is 22.6 Å². The van der Waals surface area contributed by atoms with Crippen LogP contribution in [0.4, 0.5) is 0 Å². The lowest BCUT2D eigenvalue weighted by molar-refractivity contribution is 0.599. The van der Waals surface area contributed by atoms with Gasteiger partial charge in [-0.3, -0.25) is 0 Å². The van der Waals surface area contributed by atoms with E-state index in [1.165, 1.54) is 10.8 Å². The van der Waals surface area contributed by atoms with E-state index >= 15 is 0 Å². The number of benzene rings is 1. The lowest BCUT2D eigenvalue weighted by Gasteiger charge is -2.16. The summed E-state index contributed by atoms with van der Waals surface area (Å²) in [5.74, 6) is 2.06. The van der Waals surface area contributed by atoms with Gasteiger partial charge < -0.3 is 4.57 Å². The van der Waals surface area contributed by atoms with Gasteiger partial charge in [-0.05, 0) is 12.0 Å². The van der Waals surface area contributed by atoms with Crippen LogP contribution in [0.25, 0.3) is 0 Å². The summed E-state index contributed by atoms with van der Waals surface area (Å²) in [5.41, 5.74) is 1.26. The first-order valence-electron chi connectivity index (χ1n) is 8.48. The Labute approximate surface area is 155 Å². The van der Waals surface area contributed by atoms with Crippen molar-refractivity contribution in [3.63, 3.8) is 0 Å². The summed E-state index contributed by atoms with van der Waals surface area (Å²) in [4.78, 5) is 0. The zero-order valence-corrected chi connectivity index (χ0v) is 17.8. The van der Waals surface area contributed by atoms with Crippen molar-refractivity contribution in [2.75, 3.05) is 11.5 Å². The zero-order chi connectivity index (χ0) is 18.2. The van der Waals surface area contributed by atoms with E-state index < -0.39 is 17.9 Å². The van der Waals surface area contributed by atoms with E-state index in [1.54, 1.807) is 11.8 Å². The van der Waals surface area contributed by atoms with Crippen LogP contribution in [0.15, 0.2) is 29.4 Å². The zero-order valence-electron chi connectivity index (χ0n) is 15.2. The van der Waals surface area contributed by atoms with Gasteiger partial charge in [0.05, 0.1) is 19.6 Å². The van der Waals surface area contributed by atoms with Crippen molar-refractivity contribution < 1.29 is 8.42 Å². The quantitative estimate of drug-likeness (QED) is 0.575. The van der Waals surface area contributed by atoms with Crippen LogP contribution in [0.5, 0.6) is 0 Å². The summed E-state index contributed by atoms with van der Waals surface area (Å²) in [6.07, 6.45) is 0.650. The van der Waals surface area contributed by atoms with Crippen molar-refractivity contribution in [1.29, 1.82) is 0 Å². The highest BCUT2D eigenvalue weighted by Gasteiger charge is 2.32. The van der Waals surface area contributed by atoms with Gasteiger partial charge in [-0.25, -0.2) is 8.42 Å². The SMILES string of the molecule is Cn1c(SCc2ccc([Si](C)(C)C)cc2)nnc1[C@@H]1CCS(=O)(=O)C1. The van der Waals surface area contributed by atoms with E-state index in [-0.39, 0.29) is 17.4 Å². The average Bonchev–Trinajstić information content (AvgIpc) is 3.07. The maximum Gasteiger partial charge on any atom is 0.191 e. The fraction of sp³-hybridized carbons (Fsp3) is 0.529. The molecule has 0 radical (unpaired) electrons. The molecule has 0 bridgehead atoms. The van der Waals surface area contributed by atoms with Crippen LogP contribution in [0.3, 0.4) is 0 Å². The molecule has 0 N–H and O–H groups in total. The van der Waals surface area contributed by atoms with Gasteiger partial charge in [-0.1, -0.05) is 60.9 Å². The Balaban J connectivity index is 1.66. The molecule has 0 spiro atoms. The molecule has 1 aliphatic rings. The molecule has 8 heteroatoms. The van der Waals surface area contributed by atoms with Gasteiger partial charge in [0.25, 0.3) is 0 Å². The predicted octanol–water partition coefficient (Wildman–Crippen LogP) is 2.55. The van der Waals surface area contributed by atoms with Crippen LogP contribution >= 0.6 is 11.8 Å². The van der Waals surface area contributed by atoms with E-state index in [4.69, 9.17) is 0 Å². The first kappa shape index (κ1) is 18.7. The van der Waals surface area contributed by atoms with Crippen molar-refractivity contribution in [2.45, 2.75) is 42.9 Å². The Morgan fingerprint density at radius 2 is 1.88 bits per heavy atom. The Morgan fingerprint density at radius 3 is 2.44 bits per heavy atom. The molecule has 2 heterocycles. The molecule has 25 heavy (non-hydrogen) atoms. The minimum Gasteiger partial charge on any atom is -0.309 e. The van der Waals surface area contributed by atoms with Gasteiger partial charge in [-0.2, -0.15) is 0 Å².